The smallest absolute Gasteiger partial charge is 0.350 e. The minimum atomic E-state index is -1.26. The van der Waals surface area contributed by atoms with E-state index in [1.807, 2.05) is 0 Å². The molecule has 3 aromatic rings. The van der Waals surface area contributed by atoms with Crippen molar-refractivity contribution < 1.29 is 33.9 Å². The van der Waals surface area contributed by atoms with E-state index in [0.29, 0.717) is 5.75 Å². The summed E-state index contributed by atoms with van der Waals surface area (Å²) in [6.07, 6.45) is 1.57. The first kappa shape index (κ1) is 26.2. The number of carbonyl (C=O) groups is 3. The predicted molar refractivity (Wildman–Crippen MR) is 138 cm³/mol. The Morgan fingerprint density at radius 3 is 2.61 bits per heavy atom. The van der Waals surface area contributed by atoms with Gasteiger partial charge in [0.1, 0.15) is 23.0 Å². The monoisotopic (exact) mass is 535 g/mol. The predicted octanol–water partition coefficient (Wildman–Crippen LogP) is 4.34. The molecule has 1 aliphatic heterocycles. The first-order valence-corrected chi connectivity index (χ1v) is 11.9. The lowest BCUT2D eigenvalue weighted by molar-refractivity contribution is -0.384. The van der Waals surface area contributed by atoms with Crippen LogP contribution >= 0.6 is 11.3 Å². The molecule has 0 radical (unpaired) electrons. The summed E-state index contributed by atoms with van der Waals surface area (Å²) in [5, 5.41) is 22.7. The Kier molecular flexibility index (Phi) is 7.35. The third kappa shape index (κ3) is 4.76. The number of aryl methyl sites for hydroxylation is 1. The molecule has 0 bridgehead atoms. The Labute approximate surface area is 220 Å². The topological polar surface area (TPSA) is 149 Å². The molecular weight excluding hydrogens is 514 g/mol. The number of esters is 1. The number of nitrogens with zero attached hydrogens (tertiary/aromatic N) is 3. The van der Waals surface area contributed by atoms with Crippen LogP contribution in [-0.2, 0) is 14.3 Å². The molecule has 4 rings (SSSR count). The highest BCUT2D eigenvalue weighted by Gasteiger charge is 2.48. The number of ether oxygens (including phenoxy) is 2. The fourth-order valence-corrected chi connectivity index (χ4v) is 4.95. The van der Waals surface area contributed by atoms with Crippen molar-refractivity contribution in [3.05, 3.63) is 98.6 Å². The lowest BCUT2D eigenvalue weighted by atomic mass is 9.95. The van der Waals surface area contributed by atoms with Gasteiger partial charge in [0.05, 0.1) is 29.3 Å². The van der Waals surface area contributed by atoms with Gasteiger partial charge in [0.15, 0.2) is 5.13 Å². The van der Waals surface area contributed by atoms with Crippen molar-refractivity contribution in [1.29, 1.82) is 0 Å². The summed E-state index contributed by atoms with van der Waals surface area (Å²) < 4.78 is 10.2. The van der Waals surface area contributed by atoms with Crippen LogP contribution in [0.4, 0.5) is 10.8 Å². The van der Waals surface area contributed by atoms with Gasteiger partial charge >= 0.3 is 11.9 Å². The van der Waals surface area contributed by atoms with Gasteiger partial charge in [-0.25, -0.2) is 9.78 Å². The van der Waals surface area contributed by atoms with Gasteiger partial charge in [-0.05, 0) is 36.8 Å². The third-order valence-corrected chi connectivity index (χ3v) is 6.84. The highest BCUT2D eigenvalue weighted by molar-refractivity contribution is 7.17. The number of non-ortho nitro benzene ring substituents is 1. The summed E-state index contributed by atoms with van der Waals surface area (Å²) in [5.74, 6) is -2.70. The minimum absolute atomic E-state index is 0.00581. The normalized spacial score (nSPS) is 16.4. The summed E-state index contributed by atoms with van der Waals surface area (Å²) in [4.78, 5) is 55.1. The largest absolute Gasteiger partial charge is 0.507 e. The molecular formula is C26H21N3O8S. The number of amides is 1. The summed E-state index contributed by atoms with van der Waals surface area (Å²) in [6, 6.07) is 10.3. The number of aromatic nitrogens is 1. The first-order valence-electron chi connectivity index (χ1n) is 11.1. The molecule has 1 fully saturated rings. The van der Waals surface area contributed by atoms with Crippen molar-refractivity contribution in [2.45, 2.75) is 13.0 Å². The number of rotatable bonds is 8. The highest BCUT2D eigenvalue weighted by atomic mass is 32.1. The van der Waals surface area contributed by atoms with Gasteiger partial charge in [0, 0.05) is 17.7 Å². The van der Waals surface area contributed by atoms with E-state index in [0.717, 1.165) is 16.2 Å². The summed E-state index contributed by atoms with van der Waals surface area (Å²) in [5.41, 5.74) is 0.116. The molecule has 2 heterocycles. The lowest BCUT2D eigenvalue weighted by Crippen LogP contribution is -2.29. The van der Waals surface area contributed by atoms with Gasteiger partial charge in [-0.2, -0.15) is 0 Å². The number of methoxy groups -OCH3 is 1. The van der Waals surface area contributed by atoms with Crippen LogP contribution in [0, 0.1) is 17.0 Å². The Morgan fingerprint density at radius 2 is 1.97 bits per heavy atom. The number of carbonyl (C=O) groups excluding carboxylic acids is 3. The molecule has 1 aliphatic rings. The zero-order valence-electron chi connectivity index (χ0n) is 20.2. The number of Topliss-reactive ketones (excluding diaryl/α,β-unsaturated/α-hetero) is 1. The first-order chi connectivity index (χ1) is 18.2. The summed E-state index contributed by atoms with van der Waals surface area (Å²) in [7, 11) is 1.20. The number of hydrogen-bond acceptors (Lipinski definition) is 10. The standard InChI is InChI=1S/C26H21N3O8S/c1-4-12-37-18-10-8-15(9-11-18)21(30)19-20(16-6-5-7-17(13-16)29(34)35)28(24(32)22(19)31)26-27-14(2)23(38-26)25(33)36-3/h4-11,13,20,30H,1,12H2,2-3H3/b21-19+. The number of benzene rings is 2. The molecule has 2 aromatic carbocycles. The second-order valence-corrected chi connectivity index (χ2v) is 9.03. The molecule has 38 heavy (non-hydrogen) atoms. The second kappa shape index (κ2) is 10.6. The summed E-state index contributed by atoms with van der Waals surface area (Å²) >= 11 is 0.828. The number of hydrogen-bond donors (Lipinski definition) is 1. The maximum absolute atomic E-state index is 13.3. The zero-order valence-corrected chi connectivity index (χ0v) is 21.1. The third-order valence-electron chi connectivity index (χ3n) is 5.70. The molecule has 1 aromatic heterocycles. The van der Waals surface area contributed by atoms with Gasteiger partial charge in [-0.1, -0.05) is 36.1 Å². The van der Waals surface area contributed by atoms with Crippen LogP contribution < -0.4 is 9.64 Å². The van der Waals surface area contributed by atoms with E-state index in [4.69, 9.17) is 9.47 Å². The second-order valence-electron chi connectivity index (χ2n) is 8.05. The van der Waals surface area contributed by atoms with Gasteiger partial charge in [-0.15, -0.1) is 0 Å². The zero-order chi connectivity index (χ0) is 27.6. The van der Waals surface area contributed by atoms with Crippen LogP contribution in [0.2, 0.25) is 0 Å². The van der Waals surface area contributed by atoms with Crippen molar-refractivity contribution in [2.24, 2.45) is 0 Å². The molecule has 12 heteroatoms. The average Bonchev–Trinajstić information content (AvgIpc) is 3.43. The van der Waals surface area contributed by atoms with Crippen LogP contribution in [0.15, 0.2) is 66.8 Å². The molecule has 194 valence electrons. The number of aliphatic hydroxyl groups excluding tert-OH is 1. The van der Waals surface area contributed by atoms with Crippen molar-refractivity contribution in [3.63, 3.8) is 0 Å². The number of aliphatic hydroxyl groups is 1. The molecule has 0 saturated carbocycles. The van der Waals surface area contributed by atoms with Crippen LogP contribution in [0.25, 0.3) is 5.76 Å². The molecule has 1 amide bonds. The van der Waals surface area contributed by atoms with E-state index >= 15 is 0 Å². The van der Waals surface area contributed by atoms with E-state index in [9.17, 15) is 29.6 Å². The van der Waals surface area contributed by atoms with Gasteiger partial charge in [0.25, 0.3) is 11.5 Å². The van der Waals surface area contributed by atoms with Crippen LogP contribution in [0.1, 0.15) is 32.5 Å². The van der Waals surface area contributed by atoms with Crippen LogP contribution in [-0.4, -0.2) is 46.4 Å². The Bertz CT molecular complexity index is 1490. The fourth-order valence-electron chi connectivity index (χ4n) is 3.94. The van der Waals surface area contributed by atoms with E-state index in [2.05, 4.69) is 11.6 Å². The molecule has 1 atom stereocenters. The van der Waals surface area contributed by atoms with Crippen molar-refractivity contribution in [2.75, 3.05) is 18.6 Å². The van der Waals surface area contributed by atoms with Gasteiger partial charge < -0.3 is 14.6 Å². The van der Waals surface area contributed by atoms with E-state index in [-0.39, 0.29) is 44.7 Å². The SMILES string of the molecule is C=CCOc1ccc(/C(O)=C2\C(=O)C(=O)N(c3nc(C)c(C(=O)OC)s3)C2c2cccc([N+](=O)[O-])c2)cc1. The van der Waals surface area contributed by atoms with Crippen molar-refractivity contribution in [3.8, 4) is 5.75 Å². The highest BCUT2D eigenvalue weighted by Crippen LogP contribution is 2.44. The van der Waals surface area contributed by atoms with Crippen molar-refractivity contribution >= 4 is 45.6 Å². The Hall–Kier alpha value is -4.84. The Balaban J connectivity index is 1.90. The molecule has 1 unspecified atom stereocenters. The minimum Gasteiger partial charge on any atom is -0.507 e. The number of thiazole rings is 1. The van der Waals surface area contributed by atoms with E-state index in [1.54, 1.807) is 25.1 Å². The van der Waals surface area contributed by atoms with Crippen LogP contribution in [0.3, 0.4) is 0 Å². The Morgan fingerprint density at radius 1 is 1.26 bits per heavy atom. The average molecular weight is 536 g/mol. The summed E-state index contributed by atoms with van der Waals surface area (Å²) in [6.45, 7) is 5.39. The number of nitro benzene ring substituents is 1. The van der Waals surface area contributed by atoms with Crippen molar-refractivity contribution in [1.82, 2.24) is 4.98 Å². The quantitative estimate of drug-likeness (QED) is 0.0845. The van der Waals surface area contributed by atoms with E-state index < -0.39 is 34.4 Å². The molecule has 1 saturated heterocycles. The number of ketones is 1. The maximum Gasteiger partial charge on any atom is 0.350 e. The molecule has 0 spiro atoms. The lowest BCUT2D eigenvalue weighted by Gasteiger charge is -2.22. The fraction of sp³-hybridized carbons (Fsp3) is 0.154. The molecule has 11 nitrogen and oxygen atoms in total. The van der Waals surface area contributed by atoms with E-state index in [1.165, 1.54) is 43.5 Å². The maximum atomic E-state index is 13.3. The van der Waals surface area contributed by atoms with Crippen LogP contribution in [0.5, 0.6) is 5.75 Å². The number of nitro groups is 1. The molecule has 1 N–H and O–H groups in total. The molecule has 0 aliphatic carbocycles. The van der Waals surface area contributed by atoms with Gasteiger partial charge in [0.2, 0.25) is 0 Å². The van der Waals surface area contributed by atoms with Gasteiger partial charge in [-0.3, -0.25) is 24.6 Å². The number of anilines is 1.